The van der Waals surface area contributed by atoms with Crippen molar-refractivity contribution >= 4 is 17.4 Å². The van der Waals surface area contributed by atoms with E-state index in [1.807, 2.05) is 19.2 Å². The Morgan fingerprint density at radius 3 is 2.39 bits per heavy atom. The summed E-state index contributed by atoms with van der Waals surface area (Å²) in [6.45, 7) is 9.05. The lowest BCUT2D eigenvalue weighted by Gasteiger charge is -2.35. The monoisotopic (exact) mass is 267 g/mol. The number of Topliss-reactive ketones (excluding diaryl/α,β-unsaturated/α-hetero) is 1. The maximum absolute atomic E-state index is 12.2. The minimum absolute atomic E-state index is 0.0687. The molecule has 0 saturated carbocycles. The zero-order valence-electron chi connectivity index (χ0n) is 11.8. The van der Waals surface area contributed by atoms with Crippen molar-refractivity contribution in [2.45, 2.75) is 33.7 Å². The van der Waals surface area contributed by atoms with Gasteiger partial charge in [0.25, 0.3) is 0 Å². The molecular formula is C15H22ClNO. The third kappa shape index (κ3) is 3.82. The number of rotatable bonds is 4. The van der Waals surface area contributed by atoms with Crippen LogP contribution in [0.4, 0.5) is 0 Å². The molecule has 0 aliphatic rings. The first-order valence-electron chi connectivity index (χ1n) is 6.21. The lowest BCUT2D eigenvalue weighted by molar-refractivity contribution is 0.0854. The number of carbonyl (C=O) groups excluding carboxylic acids is 1. The van der Waals surface area contributed by atoms with E-state index in [2.05, 4.69) is 32.6 Å². The van der Waals surface area contributed by atoms with Crippen molar-refractivity contribution in [2.24, 2.45) is 5.41 Å². The Bertz CT molecular complexity index is 423. The van der Waals surface area contributed by atoms with Crippen molar-refractivity contribution in [2.75, 3.05) is 13.6 Å². The summed E-state index contributed by atoms with van der Waals surface area (Å²) in [5.41, 5.74) is 0.752. The van der Waals surface area contributed by atoms with Crippen molar-refractivity contribution in [3.63, 3.8) is 0 Å². The Morgan fingerprint density at radius 1 is 1.33 bits per heavy atom. The summed E-state index contributed by atoms with van der Waals surface area (Å²) in [7, 11) is 1.98. The molecule has 0 spiro atoms. The van der Waals surface area contributed by atoms with Gasteiger partial charge in [0.15, 0.2) is 5.78 Å². The second-order valence-corrected chi connectivity index (χ2v) is 6.27. The second kappa shape index (κ2) is 5.85. The van der Waals surface area contributed by atoms with Gasteiger partial charge in [-0.2, -0.15) is 0 Å². The van der Waals surface area contributed by atoms with Crippen LogP contribution >= 0.6 is 11.6 Å². The van der Waals surface area contributed by atoms with Gasteiger partial charge in [-0.25, -0.2) is 0 Å². The van der Waals surface area contributed by atoms with Gasteiger partial charge in [-0.05, 0) is 31.5 Å². The smallest absolute Gasteiger partial charge is 0.178 e. The molecular weight excluding hydrogens is 246 g/mol. The molecule has 0 radical (unpaired) electrons. The highest BCUT2D eigenvalue weighted by Gasteiger charge is 2.25. The van der Waals surface area contributed by atoms with Crippen molar-refractivity contribution in [3.8, 4) is 0 Å². The van der Waals surface area contributed by atoms with Crippen molar-refractivity contribution in [1.29, 1.82) is 0 Å². The molecule has 18 heavy (non-hydrogen) atoms. The summed E-state index contributed by atoms with van der Waals surface area (Å²) >= 11 is 6.03. The summed E-state index contributed by atoms with van der Waals surface area (Å²) in [6.07, 6.45) is 0. The maximum Gasteiger partial charge on any atom is 0.178 e. The van der Waals surface area contributed by atoms with Gasteiger partial charge in [0, 0.05) is 11.6 Å². The first-order chi connectivity index (χ1) is 8.23. The van der Waals surface area contributed by atoms with E-state index in [9.17, 15) is 4.79 Å². The predicted octanol–water partition coefficient (Wildman–Crippen LogP) is 3.89. The van der Waals surface area contributed by atoms with Crippen LogP contribution in [0, 0.1) is 5.41 Å². The third-order valence-corrected chi connectivity index (χ3v) is 3.81. The molecule has 0 heterocycles. The van der Waals surface area contributed by atoms with Crippen LogP contribution in [0.25, 0.3) is 0 Å². The molecule has 1 aromatic carbocycles. The normalized spacial score (nSPS) is 13.7. The van der Waals surface area contributed by atoms with Crippen LogP contribution < -0.4 is 0 Å². The Hall–Kier alpha value is -0.860. The average molecular weight is 268 g/mol. The zero-order chi connectivity index (χ0) is 13.9. The molecule has 0 N–H and O–H groups in total. The predicted molar refractivity (Wildman–Crippen MR) is 77.3 cm³/mol. The average Bonchev–Trinajstić information content (AvgIpc) is 2.27. The Morgan fingerprint density at radius 2 is 1.89 bits per heavy atom. The summed E-state index contributed by atoms with van der Waals surface area (Å²) in [5.74, 6) is 0.0687. The van der Waals surface area contributed by atoms with Gasteiger partial charge < -0.3 is 0 Å². The highest BCUT2D eigenvalue weighted by molar-refractivity contribution is 6.34. The molecule has 0 aliphatic heterocycles. The third-order valence-electron chi connectivity index (χ3n) is 3.48. The largest absolute Gasteiger partial charge is 0.296 e. The fraction of sp³-hybridized carbons (Fsp3) is 0.533. The molecule has 0 amide bonds. The van der Waals surface area contributed by atoms with Gasteiger partial charge >= 0.3 is 0 Å². The zero-order valence-corrected chi connectivity index (χ0v) is 12.6. The number of ketones is 1. The minimum Gasteiger partial charge on any atom is -0.296 e. The number of hydrogen-bond acceptors (Lipinski definition) is 2. The Labute approximate surface area is 115 Å². The molecule has 0 bridgehead atoms. The van der Waals surface area contributed by atoms with Gasteiger partial charge in [-0.15, -0.1) is 0 Å². The van der Waals surface area contributed by atoms with Crippen molar-refractivity contribution < 1.29 is 4.79 Å². The lowest BCUT2D eigenvalue weighted by atomic mass is 9.87. The van der Waals surface area contributed by atoms with Crippen LogP contribution in [0.2, 0.25) is 5.02 Å². The van der Waals surface area contributed by atoms with Gasteiger partial charge in [-0.3, -0.25) is 9.69 Å². The number of hydrogen-bond donors (Lipinski definition) is 0. The topological polar surface area (TPSA) is 20.3 Å². The van der Waals surface area contributed by atoms with Crippen molar-refractivity contribution in [3.05, 3.63) is 34.9 Å². The number of nitrogens with zero attached hydrogens (tertiary/aromatic N) is 1. The molecule has 100 valence electrons. The van der Waals surface area contributed by atoms with Gasteiger partial charge in [0.2, 0.25) is 0 Å². The highest BCUT2D eigenvalue weighted by Crippen LogP contribution is 2.23. The molecule has 2 nitrogen and oxygen atoms in total. The first-order valence-corrected chi connectivity index (χ1v) is 6.59. The summed E-state index contributed by atoms with van der Waals surface area (Å²) in [5, 5.41) is 0.527. The highest BCUT2D eigenvalue weighted by atomic mass is 35.5. The van der Waals surface area contributed by atoms with E-state index in [0.29, 0.717) is 23.2 Å². The fourth-order valence-electron chi connectivity index (χ4n) is 1.80. The molecule has 1 aromatic rings. The van der Waals surface area contributed by atoms with Crippen LogP contribution in [0.5, 0.6) is 0 Å². The van der Waals surface area contributed by atoms with Crippen LogP contribution in [0.3, 0.4) is 0 Å². The van der Waals surface area contributed by atoms with E-state index < -0.39 is 0 Å². The van der Waals surface area contributed by atoms with Crippen LogP contribution in [0.1, 0.15) is 38.1 Å². The standard InChI is InChI=1S/C15H22ClNO/c1-11(15(2,3)4)17(5)10-14(18)12-8-6-7-9-13(12)16/h6-9,11H,10H2,1-5H3. The molecule has 1 unspecified atom stereocenters. The minimum atomic E-state index is 0.0687. The van der Waals surface area contributed by atoms with E-state index in [4.69, 9.17) is 11.6 Å². The van der Waals surface area contributed by atoms with Crippen LogP contribution in [-0.4, -0.2) is 30.3 Å². The van der Waals surface area contributed by atoms with E-state index in [-0.39, 0.29) is 11.2 Å². The van der Waals surface area contributed by atoms with Gasteiger partial charge in [0.05, 0.1) is 11.6 Å². The van der Waals surface area contributed by atoms with E-state index in [1.54, 1.807) is 12.1 Å². The summed E-state index contributed by atoms with van der Waals surface area (Å²) in [4.78, 5) is 14.3. The lowest BCUT2D eigenvalue weighted by Crippen LogP contribution is -2.41. The molecule has 3 heteroatoms. The van der Waals surface area contributed by atoms with E-state index in [0.717, 1.165) is 0 Å². The first kappa shape index (κ1) is 15.2. The molecule has 1 atom stereocenters. The number of likely N-dealkylation sites (N-methyl/N-ethyl adjacent to an activating group) is 1. The van der Waals surface area contributed by atoms with Crippen LogP contribution in [0.15, 0.2) is 24.3 Å². The van der Waals surface area contributed by atoms with Gasteiger partial charge in [0.1, 0.15) is 0 Å². The second-order valence-electron chi connectivity index (χ2n) is 5.86. The maximum atomic E-state index is 12.2. The van der Waals surface area contributed by atoms with Crippen LogP contribution in [-0.2, 0) is 0 Å². The summed E-state index contributed by atoms with van der Waals surface area (Å²) in [6, 6.07) is 7.53. The molecule has 0 aliphatic carbocycles. The van der Waals surface area contributed by atoms with E-state index in [1.165, 1.54) is 0 Å². The van der Waals surface area contributed by atoms with E-state index >= 15 is 0 Å². The van der Waals surface area contributed by atoms with Crippen molar-refractivity contribution in [1.82, 2.24) is 4.90 Å². The SMILES string of the molecule is CC(N(C)CC(=O)c1ccccc1Cl)C(C)(C)C. The molecule has 1 rings (SSSR count). The quantitative estimate of drug-likeness (QED) is 0.772. The fourth-order valence-corrected chi connectivity index (χ4v) is 2.04. The number of carbonyl (C=O) groups is 1. The number of halogens is 1. The molecule has 0 aromatic heterocycles. The molecule has 0 saturated heterocycles. The Kier molecular flexibility index (Phi) is 4.94. The Balaban J connectivity index is 2.75. The molecule has 0 fully saturated rings. The number of benzene rings is 1. The van der Waals surface area contributed by atoms with Gasteiger partial charge in [-0.1, -0.05) is 44.5 Å². The summed E-state index contributed by atoms with van der Waals surface area (Å²) < 4.78 is 0.